The predicted octanol–water partition coefficient (Wildman–Crippen LogP) is 3.22. The van der Waals surface area contributed by atoms with E-state index in [0.717, 1.165) is 34.2 Å². The van der Waals surface area contributed by atoms with Crippen molar-refractivity contribution in [3.05, 3.63) is 40.7 Å². The Morgan fingerprint density at radius 1 is 1.28 bits per heavy atom. The van der Waals surface area contributed by atoms with Crippen molar-refractivity contribution in [3.8, 4) is 11.3 Å². The van der Waals surface area contributed by atoms with Crippen molar-refractivity contribution in [2.45, 2.75) is 18.4 Å². The summed E-state index contributed by atoms with van der Waals surface area (Å²) in [5.74, 6) is 1.90. The minimum Gasteiger partial charge on any atom is -0.389 e. The van der Waals surface area contributed by atoms with Crippen molar-refractivity contribution < 1.29 is 5.11 Å². The molecule has 2 heterocycles. The molecule has 1 N–H and O–H groups in total. The Labute approximate surface area is 115 Å². The van der Waals surface area contributed by atoms with Crippen LogP contribution in [0.4, 0.5) is 0 Å². The molecule has 1 atom stereocenters. The summed E-state index contributed by atoms with van der Waals surface area (Å²) in [5, 5.41) is 13.5. The molecule has 0 radical (unpaired) electrons. The fourth-order valence-electron chi connectivity index (χ4n) is 2.15. The highest BCUT2D eigenvalue weighted by atomic mass is 32.2. The Bertz CT molecular complexity index is 518. The van der Waals surface area contributed by atoms with Crippen LogP contribution in [0.1, 0.15) is 11.4 Å². The van der Waals surface area contributed by atoms with Crippen LogP contribution >= 0.6 is 23.1 Å². The lowest BCUT2D eigenvalue weighted by molar-refractivity contribution is 0.0686. The van der Waals surface area contributed by atoms with Gasteiger partial charge in [-0.15, -0.1) is 11.3 Å². The smallest absolute Gasteiger partial charge is 0.0961 e. The maximum atomic E-state index is 10.4. The minimum atomic E-state index is -0.531. The third kappa shape index (κ3) is 2.60. The monoisotopic (exact) mass is 277 g/mol. The molecule has 2 nitrogen and oxygen atoms in total. The number of hydrogen-bond donors (Lipinski definition) is 1. The van der Waals surface area contributed by atoms with Gasteiger partial charge in [-0.25, -0.2) is 4.98 Å². The van der Waals surface area contributed by atoms with Crippen molar-refractivity contribution in [2.24, 2.45) is 0 Å². The van der Waals surface area contributed by atoms with Crippen LogP contribution in [0.2, 0.25) is 0 Å². The van der Waals surface area contributed by atoms with E-state index in [-0.39, 0.29) is 0 Å². The molecule has 0 aliphatic carbocycles. The summed E-state index contributed by atoms with van der Waals surface area (Å²) < 4.78 is 0. The van der Waals surface area contributed by atoms with E-state index in [9.17, 15) is 5.11 Å². The third-order valence-electron chi connectivity index (χ3n) is 3.18. The second kappa shape index (κ2) is 5.03. The lowest BCUT2D eigenvalue weighted by Gasteiger charge is -2.19. The summed E-state index contributed by atoms with van der Waals surface area (Å²) in [6.07, 6.45) is 1.58. The first-order valence-electron chi connectivity index (χ1n) is 6.05. The molecule has 4 heteroatoms. The van der Waals surface area contributed by atoms with Gasteiger partial charge in [0.15, 0.2) is 0 Å². The Morgan fingerprint density at radius 2 is 2.11 bits per heavy atom. The lowest BCUT2D eigenvalue weighted by Crippen LogP contribution is -2.30. The van der Waals surface area contributed by atoms with Crippen LogP contribution in [0.3, 0.4) is 0 Å². The van der Waals surface area contributed by atoms with Crippen LogP contribution in [-0.2, 0) is 6.42 Å². The van der Waals surface area contributed by atoms with Crippen LogP contribution in [0.15, 0.2) is 35.7 Å². The molecular weight excluding hydrogens is 262 g/mol. The van der Waals surface area contributed by atoms with Gasteiger partial charge in [-0.1, -0.05) is 30.3 Å². The molecule has 1 aliphatic rings. The van der Waals surface area contributed by atoms with Gasteiger partial charge in [0.1, 0.15) is 0 Å². The van der Waals surface area contributed by atoms with Gasteiger partial charge in [-0.3, -0.25) is 0 Å². The van der Waals surface area contributed by atoms with Gasteiger partial charge < -0.3 is 5.11 Å². The molecule has 1 unspecified atom stereocenters. The summed E-state index contributed by atoms with van der Waals surface area (Å²) in [6.45, 7) is 0. The molecule has 0 amide bonds. The van der Waals surface area contributed by atoms with E-state index in [4.69, 9.17) is 0 Å². The van der Waals surface area contributed by atoms with E-state index in [2.05, 4.69) is 22.5 Å². The van der Waals surface area contributed by atoms with E-state index < -0.39 is 5.60 Å². The number of nitrogens with zero attached hydrogens (tertiary/aromatic N) is 1. The molecule has 1 aromatic heterocycles. The zero-order valence-electron chi connectivity index (χ0n) is 10.0. The summed E-state index contributed by atoms with van der Waals surface area (Å²) >= 11 is 3.48. The normalized spacial score (nSPS) is 23.4. The van der Waals surface area contributed by atoms with Gasteiger partial charge in [-0.05, 0) is 12.2 Å². The Hall–Kier alpha value is -0.840. The Balaban J connectivity index is 1.78. The van der Waals surface area contributed by atoms with E-state index in [0.29, 0.717) is 6.42 Å². The average Bonchev–Trinajstić information content (AvgIpc) is 3.00. The molecule has 1 saturated heterocycles. The van der Waals surface area contributed by atoms with Crippen LogP contribution < -0.4 is 0 Å². The number of benzene rings is 1. The van der Waals surface area contributed by atoms with Crippen LogP contribution in [0, 0.1) is 0 Å². The molecule has 94 valence electrons. The second-order valence-corrected chi connectivity index (χ2v) is 6.74. The Morgan fingerprint density at radius 3 is 2.83 bits per heavy atom. The quantitative estimate of drug-likeness (QED) is 0.935. The largest absolute Gasteiger partial charge is 0.389 e. The SMILES string of the molecule is OC1(Cc2nc(-c3ccccc3)cs2)CCSC1. The zero-order valence-corrected chi connectivity index (χ0v) is 11.6. The zero-order chi connectivity index (χ0) is 12.4. The van der Waals surface area contributed by atoms with E-state index in [1.54, 1.807) is 11.3 Å². The molecule has 0 saturated carbocycles. The fraction of sp³-hybridized carbons (Fsp3) is 0.357. The van der Waals surface area contributed by atoms with Crippen molar-refractivity contribution in [3.63, 3.8) is 0 Å². The molecule has 1 aromatic carbocycles. The molecule has 3 rings (SSSR count). The molecule has 0 bridgehead atoms. The van der Waals surface area contributed by atoms with Crippen molar-refractivity contribution in [1.82, 2.24) is 4.98 Å². The van der Waals surface area contributed by atoms with Gasteiger partial charge in [0.25, 0.3) is 0 Å². The number of rotatable bonds is 3. The van der Waals surface area contributed by atoms with E-state index in [1.807, 2.05) is 30.0 Å². The number of thiazole rings is 1. The number of aromatic nitrogens is 1. The number of hydrogen-bond acceptors (Lipinski definition) is 4. The number of thioether (sulfide) groups is 1. The maximum absolute atomic E-state index is 10.4. The van der Waals surface area contributed by atoms with Gasteiger partial charge in [0, 0.05) is 23.1 Å². The standard InChI is InChI=1S/C14H15NOS2/c16-14(6-7-17-10-14)8-13-15-12(9-18-13)11-4-2-1-3-5-11/h1-5,9,16H,6-8,10H2. The minimum absolute atomic E-state index is 0.531. The van der Waals surface area contributed by atoms with Gasteiger partial charge in [0.05, 0.1) is 16.3 Å². The number of aliphatic hydroxyl groups is 1. The van der Waals surface area contributed by atoms with Crippen LogP contribution in [0.5, 0.6) is 0 Å². The molecule has 2 aromatic rings. The molecule has 1 aliphatic heterocycles. The van der Waals surface area contributed by atoms with Crippen LogP contribution in [0.25, 0.3) is 11.3 Å². The van der Waals surface area contributed by atoms with Crippen molar-refractivity contribution in [1.29, 1.82) is 0 Å². The fourth-order valence-corrected chi connectivity index (χ4v) is 4.39. The summed E-state index contributed by atoms with van der Waals surface area (Å²) in [7, 11) is 0. The highest BCUT2D eigenvalue weighted by molar-refractivity contribution is 7.99. The molecule has 18 heavy (non-hydrogen) atoms. The van der Waals surface area contributed by atoms with Gasteiger partial charge >= 0.3 is 0 Å². The van der Waals surface area contributed by atoms with Crippen molar-refractivity contribution >= 4 is 23.1 Å². The highest BCUT2D eigenvalue weighted by Crippen LogP contribution is 2.32. The maximum Gasteiger partial charge on any atom is 0.0961 e. The third-order valence-corrected chi connectivity index (χ3v) is 5.27. The lowest BCUT2D eigenvalue weighted by atomic mass is 10.00. The van der Waals surface area contributed by atoms with E-state index >= 15 is 0 Å². The first kappa shape index (κ1) is 12.2. The highest BCUT2D eigenvalue weighted by Gasteiger charge is 2.32. The first-order chi connectivity index (χ1) is 8.75. The summed E-state index contributed by atoms with van der Waals surface area (Å²) in [5.41, 5.74) is 1.63. The Kier molecular flexibility index (Phi) is 3.41. The average molecular weight is 277 g/mol. The van der Waals surface area contributed by atoms with Gasteiger partial charge in [-0.2, -0.15) is 11.8 Å². The first-order valence-corrected chi connectivity index (χ1v) is 8.09. The topological polar surface area (TPSA) is 33.1 Å². The van der Waals surface area contributed by atoms with Crippen molar-refractivity contribution in [2.75, 3.05) is 11.5 Å². The van der Waals surface area contributed by atoms with E-state index in [1.165, 1.54) is 0 Å². The van der Waals surface area contributed by atoms with Crippen LogP contribution in [-0.4, -0.2) is 27.2 Å². The molecular formula is C14H15NOS2. The molecule has 0 spiro atoms. The summed E-state index contributed by atoms with van der Waals surface area (Å²) in [4.78, 5) is 4.64. The predicted molar refractivity (Wildman–Crippen MR) is 78.1 cm³/mol. The second-order valence-electron chi connectivity index (χ2n) is 4.70. The molecule has 1 fully saturated rings. The summed E-state index contributed by atoms with van der Waals surface area (Å²) in [6, 6.07) is 10.2. The van der Waals surface area contributed by atoms with Gasteiger partial charge in [0.2, 0.25) is 0 Å².